The first-order valence-corrected chi connectivity index (χ1v) is 12.3. The lowest BCUT2D eigenvalue weighted by Gasteiger charge is -2.31. The van der Waals surface area contributed by atoms with Gasteiger partial charge in [0.15, 0.2) is 0 Å². The highest BCUT2D eigenvalue weighted by Gasteiger charge is 2.30. The molecule has 2 aromatic carbocycles. The minimum atomic E-state index is -0.452. The Hall–Kier alpha value is -2.27. The van der Waals surface area contributed by atoms with Gasteiger partial charge >= 0.3 is 0 Å². The third-order valence-corrected chi connectivity index (χ3v) is 6.90. The van der Waals surface area contributed by atoms with Crippen molar-refractivity contribution in [3.05, 3.63) is 65.2 Å². The van der Waals surface area contributed by atoms with Gasteiger partial charge in [0.1, 0.15) is 6.04 Å². The molecule has 0 radical (unpaired) electrons. The molecular weight excluding hydrogens is 404 g/mol. The molecule has 1 saturated carbocycles. The van der Waals surface area contributed by atoms with Gasteiger partial charge in [0.05, 0.1) is 5.75 Å². The molecule has 4 nitrogen and oxygen atoms in total. The number of thioether (sulfide) groups is 1. The summed E-state index contributed by atoms with van der Waals surface area (Å²) in [6.45, 7) is 6.54. The molecule has 0 heterocycles. The number of nitrogens with one attached hydrogen (secondary N) is 1. The van der Waals surface area contributed by atoms with Gasteiger partial charge in [-0.1, -0.05) is 67.3 Å². The van der Waals surface area contributed by atoms with Crippen LogP contribution in [0, 0.1) is 13.8 Å². The normalized spacial score (nSPS) is 14.9. The van der Waals surface area contributed by atoms with Gasteiger partial charge in [-0.25, -0.2) is 0 Å². The Balaban J connectivity index is 1.75. The van der Waals surface area contributed by atoms with E-state index >= 15 is 0 Å². The van der Waals surface area contributed by atoms with Crippen LogP contribution in [0.15, 0.2) is 53.4 Å². The van der Waals surface area contributed by atoms with Gasteiger partial charge in [-0.2, -0.15) is 0 Å². The van der Waals surface area contributed by atoms with E-state index in [0.29, 0.717) is 18.7 Å². The minimum absolute atomic E-state index is 0.000466. The summed E-state index contributed by atoms with van der Waals surface area (Å²) >= 11 is 1.53. The van der Waals surface area contributed by atoms with Crippen molar-refractivity contribution in [3.63, 3.8) is 0 Å². The molecule has 2 amide bonds. The van der Waals surface area contributed by atoms with Gasteiger partial charge in [-0.3, -0.25) is 9.59 Å². The van der Waals surface area contributed by atoms with Crippen molar-refractivity contribution in [3.8, 4) is 0 Å². The number of rotatable bonds is 9. The number of hydrogen-bond donors (Lipinski definition) is 1. The second-order valence-corrected chi connectivity index (χ2v) is 9.58. The van der Waals surface area contributed by atoms with Gasteiger partial charge in [0, 0.05) is 17.5 Å². The van der Waals surface area contributed by atoms with Gasteiger partial charge in [0.2, 0.25) is 11.8 Å². The van der Waals surface area contributed by atoms with E-state index in [1.54, 1.807) is 4.90 Å². The Morgan fingerprint density at radius 1 is 1.06 bits per heavy atom. The van der Waals surface area contributed by atoms with E-state index in [2.05, 4.69) is 30.4 Å². The molecule has 1 unspecified atom stereocenters. The summed E-state index contributed by atoms with van der Waals surface area (Å²) in [7, 11) is 0. The van der Waals surface area contributed by atoms with E-state index in [0.717, 1.165) is 28.9 Å². The lowest BCUT2D eigenvalue weighted by atomic mass is 10.1. The lowest BCUT2D eigenvalue weighted by Crippen LogP contribution is -2.51. The highest BCUT2D eigenvalue weighted by molar-refractivity contribution is 8.00. The fraction of sp³-hybridized carbons (Fsp3) is 0.462. The van der Waals surface area contributed by atoms with Gasteiger partial charge in [-0.05, 0) is 50.8 Å². The maximum Gasteiger partial charge on any atom is 0.243 e. The zero-order chi connectivity index (χ0) is 22.2. The monoisotopic (exact) mass is 438 g/mol. The molecule has 3 rings (SSSR count). The van der Waals surface area contributed by atoms with E-state index in [9.17, 15) is 9.59 Å². The number of aryl methyl sites for hydroxylation is 2. The van der Waals surface area contributed by atoms with Crippen LogP contribution < -0.4 is 5.32 Å². The molecule has 31 heavy (non-hydrogen) atoms. The first-order chi connectivity index (χ1) is 15.0. The molecule has 1 atom stereocenters. The van der Waals surface area contributed by atoms with Gasteiger partial charge < -0.3 is 10.2 Å². The average Bonchev–Trinajstić information content (AvgIpc) is 3.26. The van der Waals surface area contributed by atoms with Crippen LogP contribution in [-0.4, -0.2) is 34.6 Å². The average molecular weight is 439 g/mol. The topological polar surface area (TPSA) is 49.4 Å². The van der Waals surface area contributed by atoms with Crippen LogP contribution in [0.4, 0.5) is 0 Å². The Morgan fingerprint density at radius 3 is 2.42 bits per heavy atom. The quantitative estimate of drug-likeness (QED) is 0.543. The molecule has 1 N–H and O–H groups in total. The van der Waals surface area contributed by atoms with Crippen LogP contribution in [0.2, 0.25) is 0 Å². The fourth-order valence-corrected chi connectivity index (χ4v) is 4.94. The number of nitrogens with zero attached hydrogens (tertiary/aromatic N) is 1. The molecule has 1 aliphatic carbocycles. The number of amides is 2. The summed E-state index contributed by atoms with van der Waals surface area (Å²) in [5.74, 6) is 0.304. The minimum Gasteiger partial charge on any atom is -0.352 e. The van der Waals surface area contributed by atoms with E-state index in [-0.39, 0.29) is 17.9 Å². The third kappa shape index (κ3) is 6.86. The summed E-state index contributed by atoms with van der Waals surface area (Å²) in [5, 5.41) is 3.20. The van der Waals surface area contributed by atoms with E-state index in [4.69, 9.17) is 0 Å². The summed E-state index contributed by atoms with van der Waals surface area (Å²) in [6, 6.07) is 16.2. The second kappa shape index (κ2) is 11.4. The molecule has 0 aromatic heterocycles. The number of carbonyl (C=O) groups is 2. The number of hydrogen-bond acceptors (Lipinski definition) is 3. The Morgan fingerprint density at radius 2 is 1.77 bits per heavy atom. The van der Waals surface area contributed by atoms with Crippen molar-refractivity contribution in [2.24, 2.45) is 0 Å². The van der Waals surface area contributed by atoms with Crippen molar-refractivity contribution in [2.75, 3.05) is 5.75 Å². The Bertz CT molecular complexity index is 875. The molecule has 0 spiro atoms. The van der Waals surface area contributed by atoms with Crippen LogP contribution >= 0.6 is 11.8 Å². The maximum absolute atomic E-state index is 13.3. The molecule has 5 heteroatoms. The molecule has 166 valence electrons. The summed E-state index contributed by atoms with van der Waals surface area (Å²) in [5.41, 5.74) is 3.41. The van der Waals surface area contributed by atoms with Crippen LogP contribution in [0.3, 0.4) is 0 Å². The van der Waals surface area contributed by atoms with Crippen molar-refractivity contribution in [1.82, 2.24) is 10.2 Å². The van der Waals surface area contributed by atoms with Gasteiger partial charge in [0.25, 0.3) is 0 Å². The smallest absolute Gasteiger partial charge is 0.243 e. The molecule has 2 aromatic rings. The highest BCUT2D eigenvalue weighted by atomic mass is 32.2. The zero-order valence-corrected chi connectivity index (χ0v) is 19.7. The SMILES string of the molecule is CCC(C(=O)NC1CCCC1)N(Cc1cccc(C)c1)C(=O)CSc1ccc(C)cc1. The molecule has 0 aliphatic heterocycles. The molecule has 0 bridgehead atoms. The van der Waals surface area contributed by atoms with E-state index < -0.39 is 6.04 Å². The summed E-state index contributed by atoms with van der Waals surface area (Å²) < 4.78 is 0. The van der Waals surface area contributed by atoms with Gasteiger partial charge in [-0.15, -0.1) is 11.8 Å². The van der Waals surface area contributed by atoms with Crippen molar-refractivity contribution in [2.45, 2.75) is 76.4 Å². The van der Waals surface area contributed by atoms with E-state index in [1.165, 1.54) is 30.2 Å². The summed E-state index contributed by atoms with van der Waals surface area (Å²) in [4.78, 5) is 29.3. The maximum atomic E-state index is 13.3. The molecule has 1 aliphatic rings. The predicted octanol–water partition coefficient (Wildman–Crippen LogP) is 5.26. The van der Waals surface area contributed by atoms with Crippen molar-refractivity contribution in [1.29, 1.82) is 0 Å². The van der Waals surface area contributed by atoms with Crippen LogP contribution in [0.25, 0.3) is 0 Å². The van der Waals surface area contributed by atoms with Crippen LogP contribution in [-0.2, 0) is 16.1 Å². The third-order valence-electron chi connectivity index (χ3n) is 5.91. The number of benzene rings is 2. The van der Waals surface area contributed by atoms with Crippen molar-refractivity contribution >= 4 is 23.6 Å². The first kappa shape index (κ1) is 23.4. The first-order valence-electron chi connectivity index (χ1n) is 11.3. The zero-order valence-electron chi connectivity index (χ0n) is 18.9. The van der Waals surface area contributed by atoms with Crippen LogP contribution in [0.5, 0.6) is 0 Å². The molecular formula is C26H34N2O2S. The largest absolute Gasteiger partial charge is 0.352 e. The standard InChI is InChI=1S/C26H34N2O2S/c1-4-24(26(30)27-22-10-5-6-11-22)28(17-21-9-7-8-20(3)16-21)25(29)18-31-23-14-12-19(2)13-15-23/h7-9,12-16,22,24H,4-6,10-11,17-18H2,1-3H3,(H,27,30). The fourth-order valence-electron chi connectivity index (χ4n) is 4.16. The van der Waals surface area contributed by atoms with Crippen LogP contribution in [0.1, 0.15) is 55.7 Å². The Kier molecular flexibility index (Phi) is 8.59. The van der Waals surface area contributed by atoms with E-state index in [1.807, 2.05) is 44.2 Å². The second-order valence-electron chi connectivity index (χ2n) is 8.53. The molecule has 1 fully saturated rings. The Labute approximate surface area is 190 Å². The number of carbonyl (C=O) groups excluding carboxylic acids is 2. The lowest BCUT2D eigenvalue weighted by molar-refractivity contribution is -0.139. The highest BCUT2D eigenvalue weighted by Crippen LogP contribution is 2.22. The summed E-state index contributed by atoms with van der Waals surface area (Å²) in [6.07, 6.45) is 5.02. The molecule has 0 saturated heterocycles. The van der Waals surface area contributed by atoms with Crippen molar-refractivity contribution < 1.29 is 9.59 Å². The predicted molar refractivity (Wildman–Crippen MR) is 128 cm³/mol.